The predicted octanol–water partition coefficient (Wildman–Crippen LogP) is 12.2. The predicted molar refractivity (Wildman–Crippen MR) is 186 cm³/mol. The summed E-state index contributed by atoms with van der Waals surface area (Å²) in [4.78, 5) is 5.61. The standard InChI is InChI=1S/C42H56N2/c1-2-7-18-32(17-6-1)36-26-15-27-37(33-19-8-3-4-9-20-33)42(36)44-41(34-22-10-5-11-23-34)40-30-16-29-39(43-40)38-28-14-24-31-21-12-13-25-35(31)38/h5,10-11,15-16,22-23,26-27,29-33,35,38,41,44H,1-4,6-9,12-14,17-21,24-25,28H2. The molecular formula is C42H56N2. The van der Waals surface area contributed by atoms with Crippen molar-refractivity contribution in [2.24, 2.45) is 11.8 Å². The molecule has 44 heavy (non-hydrogen) atoms. The van der Waals surface area contributed by atoms with Gasteiger partial charge in [0.2, 0.25) is 0 Å². The topological polar surface area (TPSA) is 24.9 Å². The minimum Gasteiger partial charge on any atom is -0.372 e. The van der Waals surface area contributed by atoms with Crippen LogP contribution in [0.3, 0.4) is 0 Å². The van der Waals surface area contributed by atoms with Gasteiger partial charge in [0, 0.05) is 17.3 Å². The minimum absolute atomic E-state index is 0.0540. The zero-order chi connectivity index (χ0) is 29.6. The van der Waals surface area contributed by atoms with Crippen LogP contribution in [0, 0.1) is 11.8 Å². The fourth-order valence-corrected chi connectivity index (χ4v) is 9.88. The second-order valence-electron chi connectivity index (χ2n) is 14.9. The first-order valence-electron chi connectivity index (χ1n) is 18.8. The first-order chi connectivity index (χ1) is 21.8. The van der Waals surface area contributed by atoms with Crippen molar-refractivity contribution in [3.63, 3.8) is 0 Å². The maximum atomic E-state index is 5.61. The van der Waals surface area contributed by atoms with Crippen LogP contribution in [0.1, 0.15) is 174 Å². The monoisotopic (exact) mass is 588 g/mol. The smallest absolute Gasteiger partial charge is 0.0940 e. The molecule has 0 spiro atoms. The molecule has 4 saturated carbocycles. The van der Waals surface area contributed by atoms with E-state index in [0.717, 1.165) is 11.8 Å². The zero-order valence-corrected chi connectivity index (χ0v) is 27.2. The van der Waals surface area contributed by atoms with Gasteiger partial charge in [-0.05, 0) is 91.0 Å². The molecule has 1 N–H and O–H groups in total. The van der Waals surface area contributed by atoms with E-state index in [-0.39, 0.29) is 6.04 Å². The van der Waals surface area contributed by atoms with Crippen molar-refractivity contribution >= 4 is 5.69 Å². The average molecular weight is 589 g/mol. The number of para-hydroxylation sites is 1. The molecule has 4 aliphatic rings. The van der Waals surface area contributed by atoms with Gasteiger partial charge in [-0.2, -0.15) is 0 Å². The van der Waals surface area contributed by atoms with E-state index in [0.29, 0.717) is 17.8 Å². The fraction of sp³-hybridized carbons (Fsp3) is 0.595. The first-order valence-corrected chi connectivity index (χ1v) is 18.8. The number of fused-ring (bicyclic) bond motifs is 1. The van der Waals surface area contributed by atoms with Crippen LogP contribution in [0.15, 0.2) is 66.7 Å². The minimum atomic E-state index is 0.0540. The van der Waals surface area contributed by atoms with Gasteiger partial charge >= 0.3 is 0 Å². The lowest BCUT2D eigenvalue weighted by Crippen LogP contribution is -2.30. The molecule has 0 bridgehead atoms. The Labute approximate surface area is 267 Å². The number of rotatable bonds is 7. The molecule has 4 atom stereocenters. The molecule has 4 aliphatic carbocycles. The van der Waals surface area contributed by atoms with Gasteiger partial charge in [0.1, 0.15) is 0 Å². The lowest BCUT2D eigenvalue weighted by molar-refractivity contribution is 0.142. The molecule has 2 aromatic carbocycles. The molecule has 2 nitrogen and oxygen atoms in total. The SMILES string of the molecule is c1ccc(C(Nc2c(C3CCCCCC3)cccc2C2CCCCCC2)c2cccc(C3CCCC4CCCCC43)n2)cc1. The van der Waals surface area contributed by atoms with Crippen LogP contribution in [0.2, 0.25) is 0 Å². The molecule has 2 heteroatoms. The Balaban J connectivity index is 1.29. The fourth-order valence-electron chi connectivity index (χ4n) is 9.88. The van der Waals surface area contributed by atoms with Crippen LogP contribution in [0.4, 0.5) is 5.69 Å². The van der Waals surface area contributed by atoms with Gasteiger partial charge in [-0.15, -0.1) is 0 Å². The second-order valence-corrected chi connectivity index (χ2v) is 14.9. The van der Waals surface area contributed by atoms with Crippen LogP contribution in [0.5, 0.6) is 0 Å². The molecule has 4 unspecified atom stereocenters. The van der Waals surface area contributed by atoms with Gasteiger partial charge in [0.15, 0.2) is 0 Å². The molecule has 0 aliphatic heterocycles. The van der Waals surface area contributed by atoms with E-state index in [1.54, 1.807) is 11.1 Å². The van der Waals surface area contributed by atoms with Crippen molar-refractivity contribution in [2.45, 2.75) is 146 Å². The van der Waals surface area contributed by atoms with Crippen molar-refractivity contribution in [1.82, 2.24) is 4.98 Å². The summed E-state index contributed by atoms with van der Waals surface area (Å²) in [6.07, 6.45) is 26.2. The molecule has 7 rings (SSSR count). The summed E-state index contributed by atoms with van der Waals surface area (Å²) in [5.74, 6) is 3.70. The lowest BCUT2D eigenvalue weighted by Gasteiger charge is -2.41. The van der Waals surface area contributed by atoms with Gasteiger partial charge in [0.05, 0.1) is 11.7 Å². The number of nitrogens with zero attached hydrogens (tertiary/aromatic N) is 1. The molecule has 0 amide bonds. The van der Waals surface area contributed by atoms with Crippen molar-refractivity contribution in [2.75, 3.05) is 5.32 Å². The van der Waals surface area contributed by atoms with Crippen LogP contribution in [-0.2, 0) is 0 Å². The number of nitrogens with one attached hydrogen (secondary N) is 1. The van der Waals surface area contributed by atoms with Crippen molar-refractivity contribution < 1.29 is 0 Å². The molecule has 0 saturated heterocycles. The van der Waals surface area contributed by atoms with E-state index in [4.69, 9.17) is 4.98 Å². The second kappa shape index (κ2) is 14.7. The molecule has 0 radical (unpaired) electrons. The van der Waals surface area contributed by atoms with Crippen molar-refractivity contribution in [3.8, 4) is 0 Å². The number of benzene rings is 2. The molecular weight excluding hydrogens is 532 g/mol. The highest BCUT2D eigenvalue weighted by molar-refractivity contribution is 5.62. The Hall–Kier alpha value is -2.61. The summed E-state index contributed by atoms with van der Waals surface area (Å²) in [6, 6.07) is 25.6. The third-order valence-electron chi connectivity index (χ3n) is 12.2. The zero-order valence-electron chi connectivity index (χ0n) is 27.2. The summed E-state index contributed by atoms with van der Waals surface area (Å²) in [5, 5.41) is 4.31. The van der Waals surface area contributed by atoms with E-state index in [1.807, 2.05) is 0 Å². The third-order valence-corrected chi connectivity index (χ3v) is 12.2. The largest absolute Gasteiger partial charge is 0.372 e. The maximum Gasteiger partial charge on any atom is 0.0940 e. The van der Waals surface area contributed by atoms with E-state index in [2.05, 4.69) is 72.0 Å². The summed E-state index contributed by atoms with van der Waals surface area (Å²) >= 11 is 0. The number of aromatic nitrogens is 1. The molecule has 1 heterocycles. The summed E-state index contributed by atoms with van der Waals surface area (Å²) < 4.78 is 0. The number of pyridine rings is 1. The van der Waals surface area contributed by atoms with Gasteiger partial charge in [-0.1, -0.05) is 138 Å². The number of hydrogen-bond acceptors (Lipinski definition) is 2. The molecule has 3 aromatic rings. The summed E-state index contributed by atoms with van der Waals surface area (Å²) in [5.41, 5.74) is 8.53. The summed E-state index contributed by atoms with van der Waals surface area (Å²) in [7, 11) is 0. The third kappa shape index (κ3) is 6.80. The normalized spacial score (nSPS) is 26.2. The highest BCUT2D eigenvalue weighted by atomic mass is 15.0. The van der Waals surface area contributed by atoms with Crippen molar-refractivity contribution in [3.05, 3.63) is 94.8 Å². The lowest BCUT2D eigenvalue weighted by atomic mass is 9.64. The van der Waals surface area contributed by atoms with Crippen LogP contribution >= 0.6 is 0 Å². The maximum absolute atomic E-state index is 5.61. The quantitative estimate of drug-likeness (QED) is 0.278. The van der Waals surface area contributed by atoms with E-state index < -0.39 is 0 Å². The molecule has 234 valence electrons. The van der Waals surface area contributed by atoms with E-state index in [9.17, 15) is 0 Å². The highest BCUT2D eigenvalue weighted by Crippen LogP contribution is 2.48. The molecule has 1 aromatic heterocycles. The van der Waals surface area contributed by atoms with Crippen molar-refractivity contribution in [1.29, 1.82) is 0 Å². The first kappa shape index (κ1) is 30.1. The van der Waals surface area contributed by atoms with Crippen LogP contribution in [-0.4, -0.2) is 4.98 Å². The Morgan fingerprint density at radius 3 is 1.80 bits per heavy atom. The summed E-state index contributed by atoms with van der Waals surface area (Å²) in [6.45, 7) is 0. The Bertz CT molecular complexity index is 1270. The number of hydrogen-bond donors (Lipinski definition) is 1. The van der Waals surface area contributed by atoms with Gasteiger partial charge in [-0.3, -0.25) is 4.98 Å². The van der Waals surface area contributed by atoms with E-state index in [1.165, 1.54) is 145 Å². The van der Waals surface area contributed by atoms with Crippen LogP contribution in [0.25, 0.3) is 0 Å². The van der Waals surface area contributed by atoms with E-state index >= 15 is 0 Å². The Morgan fingerprint density at radius 2 is 1.11 bits per heavy atom. The Kier molecular flexibility index (Phi) is 10.0. The van der Waals surface area contributed by atoms with Gasteiger partial charge in [-0.25, -0.2) is 0 Å². The average Bonchev–Trinajstić information content (AvgIpc) is 3.54. The highest BCUT2D eigenvalue weighted by Gasteiger charge is 2.36. The van der Waals surface area contributed by atoms with Crippen LogP contribution < -0.4 is 5.32 Å². The van der Waals surface area contributed by atoms with Gasteiger partial charge < -0.3 is 5.32 Å². The van der Waals surface area contributed by atoms with Gasteiger partial charge in [0.25, 0.3) is 0 Å². The molecule has 4 fully saturated rings. The Morgan fingerprint density at radius 1 is 0.523 bits per heavy atom. The number of anilines is 1.